The van der Waals surface area contributed by atoms with E-state index in [0.29, 0.717) is 13.0 Å². The molecule has 1 aromatic rings. The number of aliphatic hydroxyl groups is 1. The SMILES string of the molecule is CCC(N)(O)c1ccc(CN)cc1. The van der Waals surface area contributed by atoms with Crippen molar-refractivity contribution >= 4 is 0 Å². The molecule has 1 atom stereocenters. The Morgan fingerprint density at radius 3 is 2.23 bits per heavy atom. The van der Waals surface area contributed by atoms with Gasteiger partial charge in [-0.1, -0.05) is 31.2 Å². The smallest absolute Gasteiger partial charge is 0.139 e. The molecule has 0 spiro atoms. The van der Waals surface area contributed by atoms with Gasteiger partial charge in [0.1, 0.15) is 5.72 Å². The Labute approximate surface area is 78.4 Å². The van der Waals surface area contributed by atoms with E-state index in [0.717, 1.165) is 11.1 Å². The fraction of sp³-hybridized carbons (Fsp3) is 0.400. The standard InChI is InChI=1S/C10H16N2O/c1-2-10(12,13)9-5-3-8(7-11)4-6-9/h3-6,13H,2,7,11-12H2,1H3. The third-order valence-corrected chi connectivity index (χ3v) is 2.23. The molecule has 0 radical (unpaired) electrons. The lowest BCUT2D eigenvalue weighted by Gasteiger charge is -2.21. The summed E-state index contributed by atoms with van der Waals surface area (Å²) in [5.41, 5.74) is 11.7. The van der Waals surface area contributed by atoms with E-state index in [4.69, 9.17) is 11.5 Å². The Balaban J connectivity index is 2.92. The molecule has 1 aromatic carbocycles. The minimum Gasteiger partial charge on any atom is -0.372 e. The first-order valence-electron chi connectivity index (χ1n) is 4.41. The van der Waals surface area contributed by atoms with Crippen LogP contribution in [0.5, 0.6) is 0 Å². The fourth-order valence-corrected chi connectivity index (χ4v) is 1.13. The summed E-state index contributed by atoms with van der Waals surface area (Å²) < 4.78 is 0. The van der Waals surface area contributed by atoms with Crippen LogP contribution in [0.1, 0.15) is 24.5 Å². The van der Waals surface area contributed by atoms with Crippen molar-refractivity contribution in [1.29, 1.82) is 0 Å². The predicted molar refractivity (Wildman–Crippen MR) is 52.7 cm³/mol. The van der Waals surface area contributed by atoms with Gasteiger partial charge in [-0.2, -0.15) is 0 Å². The molecule has 13 heavy (non-hydrogen) atoms. The maximum Gasteiger partial charge on any atom is 0.139 e. The van der Waals surface area contributed by atoms with Crippen molar-refractivity contribution in [2.75, 3.05) is 0 Å². The summed E-state index contributed by atoms with van der Waals surface area (Å²) in [7, 11) is 0. The number of nitrogens with two attached hydrogens (primary N) is 2. The second kappa shape index (κ2) is 3.87. The normalized spacial score (nSPS) is 15.4. The van der Waals surface area contributed by atoms with Crippen molar-refractivity contribution < 1.29 is 5.11 Å². The molecule has 3 nitrogen and oxygen atoms in total. The van der Waals surface area contributed by atoms with Crippen LogP contribution >= 0.6 is 0 Å². The van der Waals surface area contributed by atoms with E-state index in [1.54, 1.807) is 0 Å². The zero-order valence-electron chi connectivity index (χ0n) is 7.83. The third-order valence-electron chi connectivity index (χ3n) is 2.23. The van der Waals surface area contributed by atoms with Gasteiger partial charge in [-0.25, -0.2) is 0 Å². The molecule has 5 N–H and O–H groups in total. The molecular weight excluding hydrogens is 164 g/mol. The quantitative estimate of drug-likeness (QED) is 0.598. The topological polar surface area (TPSA) is 72.3 Å². The number of rotatable bonds is 3. The fourth-order valence-electron chi connectivity index (χ4n) is 1.13. The first kappa shape index (κ1) is 10.2. The lowest BCUT2D eigenvalue weighted by Crippen LogP contribution is -2.35. The highest BCUT2D eigenvalue weighted by atomic mass is 16.3. The molecule has 0 heterocycles. The van der Waals surface area contributed by atoms with E-state index in [-0.39, 0.29) is 0 Å². The van der Waals surface area contributed by atoms with Crippen LogP contribution in [0, 0.1) is 0 Å². The van der Waals surface area contributed by atoms with Crippen LogP contribution in [0.2, 0.25) is 0 Å². The van der Waals surface area contributed by atoms with Crippen molar-refractivity contribution in [3.05, 3.63) is 35.4 Å². The lowest BCUT2D eigenvalue weighted by molar-refractivity contribution is 0.0394. The largest absolute Gasteiger partial charge is 0.372 e. The highest BCUT2D eigenvalue weighted by molar-refractivity contribution is 5.26. The van der Waals surface area contributed by atoms with E-state index in [2.05, 4.69) is 0 Å². The van der Waals surface area contributed by atoms with Crippen molar-refractivity contribution in [1.82, 2.24) is 0 Å². The molecule has 1 rings (SSSR count). The van der Waals surface area contributed by atoms with Gasteiger partial charge in [-0.15, -0.1) is 0 Å². The minimum atomic E-state index is -1.22. The van der Waals surface area contributed by atoms with E-state index in [9.17, 15) is 5.11 Å². The molecule has 0 aliphatic heterocycles. The summed E-state index contributed by atoms with van der Waals surface area (Å²) >= 11 is 0. The first-order valence-corrected chi connectivity index (χ1v) is 4.41. The Morgan fingerprint density at radius 1 is 1.31 bits per heavy atom. The first-order chi connectivity index (χ1) is 6.10. The number of hydrogen-bond acceptors (Lipinski definition) is 3. The van der Waals surface area contributed by atoms with Gasteiger partial charge in [0.2, 0.25) is 0 Å². The predicted octanol–water partition coefficient (Wildman–Crippen LogP) is 0.659. The summed E-state index contributed by atoms with van der Waals surface area (Å²) in [4.78, 5) is 0. The van der Waals surface area contributed by atoms with E-state index in [1.807, 2.05) is 31.2 Å². The Morgan fingerprint density at radius 2 is 1.85 bits per heavy atom. The van der Waals surface area contributed by atoms with Crippen molar-refractivity contribution in [2.24, 2.45) is 11.5 Å². The van der Waals surface area contributed by atoms with Crippen LogP contribution in [0.4, 0.5) is 0 Å². The van der Waals surface area contributed by atoms with Crippen LogP contribution in [0.25, 0.3) is 0 Å². The van der Waals surface area contributed by atoms with Gasteiger partial charge in [0, 0.05) is 6.54 Å². The molecule has 3 heteroatoms. The molecule has 0 amide bonds. The molecule has 0 aliphatic rings. The Bertz CT molecular complexity index is 267. The average molecular weight is 180 g/mol. The summed E-state index contributed by atoms with van der Waals surface area (Å²) in [6.07, 6.45) is 0.495. The highest BCUT2D eigenvalue weighted by Gasteiger charge is 2.20. The van der Waals surface area contributed by atoms with Gasteiger partial charge >= 0.3 is 0 Å². The van der Waals surface area contributed by atoms with E-state index in [1.165, 1.54) is 0 Å². The second-order valence-corrected chi connectivity index (χ2v) is 3.18. The van der Waals surface area contributed by atoms with Gasteiger partial charge in [0.25, 0.3) is 0 Å². The molecular formula is C10H16N2O. The average Bonchev–Trinajstić information content (AvgIpc) is 2.18. The summed E-state index contributed by atoms with van der Waals surface area (Å²) in [6, 6.07) is 7.38. The maximum atomic E-state index is 9.70. The molecule has 0 fully saturated rings. The van der Waals surface area contributed by atoms with Crippen LogP contribution in [0.3, 0.4) is 0 Å². The molecule has 1 unspecified atom stereocenters. The molecule has 0 aromatic heterocycles. The summed E-state index contributed by atoms with van der Waals surface area (Å²) in [6.45, 7) is 2.35. The van der Waals surface area contributed by atoms with Gasteiger partial charge in [0.05, 0.1) is 0 Å². The third kappa shape index (κ3) is 2.28. The van der Waals surface area contributed by atoms with Gasteiger partial charge in [-0.05, 0) is 17.5 Å². The van der Waals surface area contributed by atoms with E-state index < -0.39 is 5.72 Å². The van der Waals surface area contributed by atoms with Crippen LogP contribution in [0.15, 0.2) is 24.3 Å². The van der Waals surface area contributed by atoms with Crippen LogP contribution < -0.4 is 11.5 Å². The zero-order chi connectivity index (χ0) is 9.90. The molecule has 72 valence electrons. The van der Waals surface area contributed by atoms with Crippen LogP contribution in [-0.2, 0) is 12.3 Å². The van der Waals surface area contributed by atoms with Crippen molar-refractivity contribution in [3.8, 4) is 0 Å². The molecule has 0 bridgehead atoms. The Kier molecular flexibility index (Phi) is 3.03. The summed E-state index contributed by atoms with van der Waals surface area (Å²) in [5.74, 6) is 0. The van der Waals surface area contributed by atoms with Gasteiger partial charge in [0.15, 0.2) is 0 Å². The Hall–Kier alpha value is -0.900. The molecule has 0 saturated carbocycles. The lowest BCUT2D eigenvalue weighted by atomic mass is 10.00. The van der Waals surface area contributed by atoms with Gasteiger partial charge in [-0.3, -0.25) is 5.73 Å². The van der Waals surface area contributed by atoms with E-state index >= 15 is 0 Å². The zero-order valence-corrected chi connectivity index (χ0v) is 7.83. The molecule has 0 aliphatic carbocycles. The maximum absolute atomic E-state index is 9.70. The van der Waals surface area contributed by atoms with Crippen molar-refractivity contribution in [3.63, 3.8) is 0 Å². The second-order valence-electron chi connectivity index (χ2n) is 3.18. The highest BCUT2D eigenvalue weighted by Crippen LogP contribution is 2.18. The summed E-state index contributed by atoms with van der Waals surface area (Å²) in [5, 5.41) is 9.70. The number of hydrogen-bond donors (Lipinski definition) is 3. The monoisotopic (exact) mass is 180 g/mol. The van der Waals surface area contributed by atoms with Crippen LogP contribution in [-0.4, -0.2) is 5.11 Å². The molecule has 0 saturated heterocycles. The number of benzene rings is 1. The minimum absolute atomic E-state index is 0.495. The van der Waals surface area contributed by atoms with Crippen molar-refractivity contribution in [2.45, 2.75) is 25.6 Å². The van der Waals surface area contributed by atoms with Gasteiger partial charge < -0.3 is 10.8 Å².